The summed E-state index contributed by atoms with van der Waals surface area (Å²) < 4.78 is 1.91. The van der Waals surface area contributed by atoms with Crippen LogP contribution in [0.2, 0.25) is 0 Å². The number of hydrogen-bond acceptors (Lipinski definition) is 5. The van der Waals surface area contributed by atoms with Crippen LogP contribution in [0.3, 0.4) is 0 Å². The van der Waals surface area contributed by atoms with Gasteiger partial charge in [0.2, 0.25) is 5.91 Å². The van der Waals surface area contributed by atoms with Gasteiger partial charge in [0.1, 0.15) is 11.3 Å². The first kappa shape index (κ1) is 18.2. The van der Waals surface area contributed by atoms with Crippen molar-refractivity contribution in [3.63, 3.8) is 0 Å². The number of aromatic nitrogens is 3. The van der Waals surface area contributed by atoms with Gasteiger partial charge in [-0.15, -0.1) is 16.4 Å². The molecular weight excluding hydrogens is 360 g/mol. The number of rotatable bonds is 3. The standard InChI is InChI=1S/C20H24N4O2S/c1-20(2,26)10-9-16-7-8-18(27-16)17-13-24(22-21-17)15-4-3-11-23(12-15)19(25)14-5-6-14/h7-8,13-15,26H,3-6,11-12H2,1-2H3/t15-/m0/s1. The highest BCUT2D eigenvalue weighted by Gasteiger charge is 2.35. The Balaban J connectivity index is 1.46. The van der Waals surface area contributed by atoms with Gasteiger partial charge in [0.15, 0.2) is 0 Å². The van der Waals surface area contributed by atoms with Crippen molar-refractivity contribution in [3.05, 3.63) is 23.2 Å². The number of thiophene rings is 1. The van der Waals surface area contributed by atoms with E-state index in [1.807, 2.05) is 27.9 Å². The van der Waals surface area contributed by atoms with Crippen LogP contribution >= 0.6 is 11.3 Å². The predicted octanol–water partition coefficient (Wildman–Crippen LogP) is 2.70. The third kappa shape index (κ3) is 4.40. The Kier molecular flexibility index (Phi) is 4.79. The Hall–Kier alpha value is -2.17. The van der Waals surface area contributed by atoms with Gasteiger partial charge >= 0.3 is 0 Å². The zero-order valence-electron chi connectivity index (χ0n) is 15.7. The van der Waals surface area contributed by atoms with E-state index in [1.54, 1.807) is 13.8 Å². The number of nitrogens with zero attached hydrogens (tertiary/aromatic N) is 4. The van der Waals surface area contributed by atoms with E-state index in [-0.39, 0.29) is 12.0 Å². The van der Waals surface area contributed by atoms with E-state index in [0.717, 1.165) is 54.2 Å². The van der Waals surface area contributed by atoms with Crippen LogP contribution in [0.15, 0.2) is 18.3 Å². The van der Waals surface area contributed by atoms with Gasteiger partial charge in [0.25, 0.3) is 0 Å². The second-order valence-corrected chi connectivity index (χ2v) is 9.00. The molecule has 0 aromatic carbocycles. The van der Waals surface area contributed by atoms with E-state index in [0.29, 0.717) is 5.91 Å². The summed E-state index contributed by atoms with van der Waals surface area (Å²) in [7, 11) is 0. The maximum atomic E-state index is 12.4. The van der Waals surface area contributed by atoms with Crippen molar-refractivity contribution in [1.29, 1.82) is 0 Å². The molecule has 4 rings (SSSR count). The zero-order valence-corrected chi connectivity index (χ0v) is 16.5. The summed E-state index contributed by atoms with van der Waals surface area (Å²) in [6.45, 7) is 4.93. The molecule has 0 unspecified atom stereocenters. The molecule has 1 atom stereocenters. The van der Waals surface area contributed by atoms with E-state index >= 15 is 0 Å². The minimum atomic E-state index is -1.00. The SMILES string of the molecule is CC(C)(O)C#Cc1ccc(-c2cn([C@H]3CCCN(C(=O)C4CC4)C3)nn2)s1. The summed E-state index contributed by atoms with van der Waals surface area (Å²) in [5.74, 6) is 6.41. The van der Waals surface area contributed by atoms with Crippen LogP contribution in [-0.2, 0) is 4.79 Å². The number of piperidine rings is 1. The normalized spacial score (nSPS) is 20.3. The van der Waals surface area contributed by atoms with Crippen molar-refractivity contribution < 1.29 is 9.90 Å². The van der Waals surface area contributed by atoms with Gasteiger partial charge in [-0.1, -0.05) is 17.1 Å². The molecule has 1 amide bonds. The lowest BCUT2D eigenvalue weighted by atomic mass is 10.1. The van der Waals surface area contributed by atoms with Gasteiger partial charge in [-0.05, 0) is 51.7 Å². The maximum Gasteiger partial charge on any atom is 0.225 e. The molecule has 0 radical (unpaired) electrons. The van der Waals surface area contributed by atoms with Crippen LogP contribution in [0.25, 0.3) is 10.6 Å². The Morgan fingerprint density at radius 3 is 2.89 bits per heavy atom. The van der Waals surface area contributed by atoms with Crippen LogP contribution < -0.4 is 0 Å². The Morgan fingerprint density at radius 2 is 2.15 bits per heavy atom. The van der Waals surface area contributed by atoms with Crippen molar-refractivity contribution in [2.75, 3.05) is 13.1 Å². The number of likely N-dealkylation sites (tertiary alicyclic amines) is 1. The maximum absolute atomic E-state index is 12.4. The first-order valence-electron chi connectivity index (χ1n) is 9.45. The average Bonchev–Trinajstić information content (AvgIpc) is 3.18. The second-order valence-electron chi connectivity index (χ2n) is 7.91. The molecule has 1 aliphatic heterocycles. The molecule has 0 bridgehead atoms. The molecule has 2 aliphatic rings. The van der Waals surface area contributed by atoms with Crippen molar-refractivity contribution in [1.82, 2.24) is 19.9 Å². The Morgan fingerprint density at radius 1 is 1.33 bits per heavy atom. The topological polar surface area (TPSA) is 71.2 Å². The van der Waals surface area contributed by atoms with Crippen LogP contribution in [0.4, 0.5) is 0 Å². The first-order chi connectivity index (χ1) is 12.9. The molecule has 7 heteroatoms. The van der Waals surface area contributed by atoms with Gasteiger partial charge in [-0.2, -0.15) is 0 Å². The third-order valence-electron chi connectivity index (χ3n) is 4.87. The number of hydrogen-bond donors (Lipinski definition) is 1. The van der Waals surface area contributed by atoms with Crippen molar-refractivity contribution in [2.45, 2.75) is 51.2 Å². The highest BCUT2D eigenvalue weighted by atomic mass is 32.1. The smallest absolute Gasteiger partial charge is 0.225 e. The monoisotopic (exact) mass is 384 g/mol. The highest BCUT2D eigenvalue weighted by molar-refractivity contribution is 7.16. The van der Waals surface area contributed by atoms with Gasteiger partial charge in [-0.25, -0.2) is 4.68 Å². The largest absolute Gasteiger partial charge is 0.378 e. The van der Waals surface area contributed by atoms with E-state index in [4.69, 9.17) is 0 Å². The predicted molar refractivity (Wildman–Crippen MR) is 104 cm³/mol. The molecule has 2 aromatic heterocycles. The number of amides is 1. The van der Waals surface area contributed by atoms with Crippen molar-refractivity contribution in [3.8, 4) is 22.4 Å². The summed E-state index contributed by atoms with van der Waals surface area (Å²) >= 11 is 1.54. The summed E-state index contributed by atoms with van der Waals surface area (Å²) in [5.41, 5.74) is -0.181. The molecule has 1 aliphatic carbocycles. The lowest BCUT2D eigenvalue weighted by Crippen LogP contribution is -2.41. The van der Waals surface area contributed by atoms with E-state index in [1.165, 1.54) is 11.3 Å². The molecule has 1 saturated heterocycles. The fraction of sp³-hybridized carbons (Fsp3) is 0.550. The van der Waals surface area contributed by atoms with Gasteiger partial charge in [-0.3, -0.25) is 4.79 Å². The number of carbonyl (C=O) groups excluding carboxylic acids is 1. The average molecular weight is 385 g/mol. The molecule has 3 heterocycles. The van der Waals surface area contributed by atoms with Crippen molar-refractivity contribution in [2.24, 2.45) is 5.92 Å². The molecule has 142 valence electrons. The summed E-state index contributed by atoms with van der Waals surface area (Å²) in [4.78, 5) is 16.2. The minimum Gasteiger partial charge on any atom is -0.378 e. The first-order valence-corrected chi connectivity index (χ1v) is 10.3. The molecule has 2 fully saturated rings. The summed E-state index contributed by atoms with van der Waals surface area (Å²) in [6.07, 6.45) is 6.09. The fourth-order valence-electron chi connectivity index (χ4n) is 3.28. The van der Waals surface area contributed by atoms with Crippen LogP contribution in [0.1, 0.15) is 50.4 Å². The van der Waals surface area contributed by atoms with Crippen LogP contribution in [-0.4, -0.2) is 49.6 Å². The van der Waals surface area contributed by atoms with Crippen LogP contribution in [0.5, 0.6) is 0 Å². The molecular formula is C20H24N4O2S. The molecule has 6 nitrogen and oxygen atoms in total. The van der Waals surface area contributed by atoms with Gasteiger partial charge < -0.3 is 10.0 Å². The van der Waals surface area contributed by atoms with Crippen LogP contribution in [0, 0.1) is 17.8 Å². The molecule has 1 N–H and O–H groups in total. The lowest BCUT2D eigenvalue weighted by molar-refractivity contribution is -0.134. The Labute approximate surface area is 163 Å². The number of carbonyl (C=O) groups is 1. The van der Waals surface area contributed by atoms with Gasteiger partial charge in [0, 0.05) is 19.0 Å². The third-order valence-corrected chi connectivity index (χ3v) is 5.89. The molecule has 2 aromatic rings. The molecule has 1 saturated carbocycles. The summed E-state index contributed by atoms with van der Waals surface area (Å²) in [6, 6.07) is 4.11. The lowest BCUT2D eigenvalue weighted by Gasteiger charge is -2.32. The molecule has 0 spiro atoms. The summed E-state index contributed by atoms with van der Waals surface area (Å²) in [5, 5.41) is 18.4. The van der Waals surface area contributed by atoms with Gasteiger partial charge in [0.05, 0.1) is 22.0 Å². The quantitative estimate of drug-likeness (QED) is 0.826. The number of aliphatic hydroxyl groups is 1. The second kappa shape index (κ2) is 7.10. The molecule has 27 heavy (non-hydrogen) atoms. The zero-order chi connectivity index (χ0) is 19.0. The Bertz CT molecular complexity index is 895. The minimum absolute atomic E-state index is 0.192. The van der Waals surface area contributed by atoms with E-state index in [9.17, 15) is 9.90 Å². The van der Waals surface area contributed by atoms with Crippen molar-refractivity contribution >= 4 is 17.2 Å². The highest BCUT2D eigenvalue weighted by Crippen LogP contribution is 2.33. The fourth-order valence-corrected chi connectivity index (χ4v) is 4.09. The van der Waals surface area contributed by atoms with E-state index in [2.05, 4.69) is 22.2 Å². The van der Waals surface area contributed by atoms with E-state index < -0.39 is 5.60 Å².